The first-order valence-corrected chi connectivity index (χ1v) is 10.1. The number of quaternary nitrogens is 2. The number of halogens is 1. The Bertz CT molecular complexity index is 898. The van der Waals surface area contributed by atoms with E-state index < -0.39 is 11.8 Å². The third kappa shape index (κ3) is 6.01. The second-order valence-electron chi connectivity index (χ2n) is 7.65. The van der Waals surface area contributed by atoms with Crippen LogP contribution in [0.3, 0.4) is 0 Å². The van der Waals surface area contributed by atoms with Gasteiger partial charge in [0, 0.05) is 5.56 Å². The molecule has 1 saturated heterocycles. The first-order valence-electron chi connectivity index (χ1n) is 10.1. The van der Waals surface area contributed by atoms with E-state index in [1.165, 1.54) is 34.2 Å². The molecule has 0 aliphatic carbocycles. The lowest BCUT2D eigenvalue weighted by atomic mass is 10.1. The Morgan fingerprint density at radius 1 is 1.07 bits per heavy atom. The Labute approximate surface area is 175 Å². The molecule has 0 saturated carbocycles. The fourth-order valence-electron chi connectivity index (χ4n) is 3.74. The van der Waals surface area contributed by atoms with Gasteiger partial charge < -0.3 is 19.9 Å². The van der Waals surface area contributed by atoms with Crippen molar-refractivity contribution in [1.29, 1.82) is 0 Å². The summed E-state index contributed by atoms with van der Waals surface area (Å²) in [6.07, 6.45) is 0. The number of anilines is 1. The molecule has 0 aromatic heterocycles. The molecule has 1 heterocycles. The molecule has 30 heavy (non-hydrogen) atoms. The van der Waals surface area contributed by atoms with Crippen molar-refractivity contribution in [1.82, 2.24) is 5.32 Å². The van der Waals surface area contributed by atoms with E-state index in [1.54, 1.807) is 13.2 Å². The number of aryl methyl sites for hydroxylation is 1. The summed E-state index contributed by atoms with van der Waals surface area (Å²) < 4.78 is 19.1. The van der Waals surface area contributed by atoms with E-state index in [1.807, 2.05) is 12.1 Å². The van der Waals surface area contributed by atoms with Gasteiger partial charge >= 0.3 is 6.03 Å². The van der Waals surface area contributed by atoms with Gasteiger partial charge in [-0.2, -0.15) is 0 Å². The molecule has 7 nitrogen and oxygen atoms in total. The standard InChI is InChI=1S/C22H27FN4O3/c1-16-7-8-20(30-2)17(13-16)14-26-9-11-27(12-10-26)15-21(28)25-22(29)24-19-6-4-3-5-18(19)23/h3-8,13H,9-12,14-15H2,1-2H3,(H2,24,25,28,29)/p+2. The summed E-state index contributed by atoms with van der Waals surface area (Å²) in [4.78, 5) is 26.7. The molecule has 0 bridgehead atoms. The van der Waals surface area contributed by atoms with E-state index in [4.69, 9.17) is 4.74 Å². The zero-order chi connectivity index (χ0) is 21.5. The molecular formula is C22H29FN4O3+2. The van der Waals surface area contributed by atoms with Crippen molar-refractivity contribution >= 4 is 17.6 Å². The molecule has 0 radical (unpaired) electrons. The van der Waals surface area contributed by atoms with Crippen molar-refractivity contribution in [3.05, 3.63) is 59.4 Å². The van der Waals surface area contributed by atoms with Crippen LogP contribution in [0.1, 0.15) is 11.1 Å². The second kappa shape index (κ2) is 10.2. The van der Waals surface area contributed by atoms with Crippen molar-refractivity contribution in [2.24, 2.45) is 0 Å². The largest absolute Gasteiger partial charge is 0.496 e. The number of amides is 3. The molecule has 1 aliphatic rings. The number of para-hydroxylation sites is 1. The Morgan fingerprint density at radius 3 is 2.47 bits per heavy atom. The molecule has 1 aliphatic heterocycles. The molecule has 4 N–H and O–H groups in total. The van der Waals surface area contributed by atoms with Gasteiger partial charge in [-0.1, -0.05) is 23.8 Å². The van der Waals surface area contributed by atoms with E-state index in [-0.39, 0.29) is 18.1 Å². The molecule has 0 atom stereocenters. The smallest absolute Gasteiger partial charge is 0.326 e. The number of hydrogen-bond donors (Lipinski definition) is 4. The molecule has 3 rings (SSSR count). The highest BCUT2D eigenvalue weighted by Gasteiger charge is 2.26. The van der Waals surface area contributed by atoms with Gasteiger partial charge in [0.2, 0.25) is 0 Å². The van der Waals surface area contributed by atoms with Crippen LogP contribution < -0.4 is 25.2 Å². The fourth-order valence-corrected chi connectivity index (χ4v) is 3.74. The maximum absolute atomic E-state index is 13.6. The number of carbonyl (C=O) groups is 2. The van der Waals surface area contributed by atoms with E-state index in [0.29, 0.717) is 0 Å². The van der Waals surface area contributed by atoms with Crippen LogP contribution in [0.5, 0.6) is 5.75 Å². The zero-order valence-electron chi connectivity index (χ0n) is 17.4. The number of urea groups is 1. The number of nitrogens with one attached hydrogen (secondary N) is 4. The predicted molar refractivity (Wildman–Crippen MR) is 111 cm³/mol. The molecule has 3 amide bonds. The Kier molecular flexibility index (Phi) is 7.37. The molecule has 0 unspecified atom stereocenters. The third-order valence-corrected chi connectivity index (χ3v) is 5.33. The lowest BCUT2D eigenvalue weighted by molar-refractivity contribution is -1.02. The van der Waals surface area contributed by atoms with E-state index in [0.717, 1.165) is 43.4 Å². The number of methoxy groups -OCH3 is 1. The quantitative estimate of drug-likeness (QED) is 0.526. The summed E-state index contributed by atoms with van der Waals surface area (Å²) in [5, 5.41) is 4.63. The van der Waals surface area contributed by atoms with Crippen LogP contribution in [0.4, 0.5) is 14.9 Å². The highest BCUT2D eigenvalue weighted by Crippen LogP contribution is 2.18. The number of imide groups is 1. The van der Waals surface area contributed by atoms with Gasteiger partial charge in [0.25, 0.3) is 5.91 Å². The Balaban J connectivity index is 1.43. The lowest BCUT2D eigenvalue weighted by Gasteiger charge is -2.29. The Hall–Kier alpha value is -2.97. The number of piperazine rings is 1. The minimum absolute atomic E-state index is 0.0407. The summed E-state index contributed by atoms with van der Waals surface area (Å²) in [7, 11) is 1.69. The second-order valence-corrected chi connectivity index (χ2v) is 7.65. The van der Waals surface area contributed by atoms with Crippen LogP contribution in [0, 0.1) is 12.7 Å². The van der Waals surface area contributed by atoms with E-state index in [9.17, 15) is 14.0 Å². The molecule has 160 valence electrons. The maximum Gasteiger partial charge on any atom is 0.326 e. The first-order chi connectivity index (χ1) is 14.4. The molecule has 2 aromatic carbocycles. The minimum atomic E-state index is -0.722. The minimum Gasteiger partial charge on any atom is -0.496 e. The normalized spacial score (nSPS) is 18.5. The van der Waals surface area contributed by atoms with E-state index in [2.05, 4.69) is 23.6 Å². The molecule has 0 spiro atoms. The van der Waals surface area contributed by atoms with Crippen LogP contribution in [-0.4, -0.2) is 51.8 Å². The van der Waals surface area contributed by atoms with Crippen LogP contribution in [0.25, 0.3) is 0 Å². The van der Waals surface area contributed by atoms with Crippen LogP contribution >= 0.6 is 0 Å². The zero-order valence-corrected chi connectivity index (χ0v) is 17.4. The average molecular weight is 416 g/mol. The summed E-state index contributed by atoms with van der Waals surface area (Å²) >= 11 is 0. The number of carbonyl (C=O) groups excluding carboxylic acids is 2. The monoisotopic (exact) mass is 416 g/mol. The van der Waals surface area contributed by atoms with Gasteiger partial charge in [0.15, 0.2) is 6.54 Å². The SMILES string of the molecule is COc1ccc(C)cc1C[NH+]1CC[NH+](CC(=O)NC(=O)Nc2ccccc2F)CC1. The summed E-state index contributed by atoms with van der Waals surface area (Å²) in [6, 6.07) is 11.3. The maximum atomic E-state index is 13.6. The van der Waals surface area contributed by atoms with Crippen molar-refractivity contribution < 1.29 is 28.5 Å². The predicted octanol–water partition coefficient (Wildman–Crippen LogP) is -0.226. The van der Waals surface area contributed by atoms with Gasteiger partial charge in [-0.05, 0) is 31.2 Å². The fraction of sp³-hybridized carbons (Fsp3) is 0.364. The number of benzene rings is 2. The first kappa shape index (κ1) is 21.7. The third-order valence-electron chi connectivity index (χ3n) is 5.33. The Morgan fingerprint density at radius 2 is 1.77 bits per heavy atom. The van der Waals surface area contributed by atoms with Gasteiger partial charge in [-0.15, -0.1) is 0 Å². The van der Waals surface area contributed by atoms with Gasteiger partial charge in [0.05, 0.1) is 12.8 Å². The summed E-state index contributed by atoms with van der Waals surface area (Å²) in [5.41, 5.74) is 2.44. The van der Waals surface area contributed by atoms with Crippen LogP contribution in [-0.2, 0) is 11.3 Å². The topological polar surface area (TPSA) is 76.3 Å². The number of ether oxygens (including phenoxy) is 1. The van der Waals surface area contributed by atoms with Crippen molar-refractivity contribution in [3.63, 3.8) is 0 Å². The van der Waals surface area contributed by atoms with Gasteiger partial charge in [0.1, 0.15) is 44.3 Å². The summed E-state index contributed by atoms with van der Waals surface area (Å²) in [6.45, 7) is 6.71. The van der Waals surface area contributed by atoms with E-state index >= 15 is 0 Å². The molecule has 2 aromatic rings. The number of hydrogen-bond acceptors (Lipinski definition) is 3. The highest BCUT2D eigenvalue weighted by atomic mass is 19.1. The van der Waals surface area contributed by atoms with Gasteiger partial charge in [-0.3, -0.25) is 10.1 Å². The van der Waals surface area contributed by atoms with Crippen LogP contribution in [0.2, 0.25) is 0 Å². The molecule has 8 heteroatoms. The number of rotatable bonds is 6. The lowest BCUT2D eigenvalue weighted by Crippen LogP contribution is -3.28. The van der Waals surface area contributed by atoms with Crippen molar-refractivity contribution in [2.45, 2.75) is 13.5 Å². The highest BCUT2D eigenvalue weighted by molar-refractivity contribution is 6.01. The molecular weight excluding hydrogens is 387 g/mol. The van der Waals surface area contributed by atoms with Gasteiger partial charge in [-0.25, -0.2) is 9.18 Å². The van der Waals surface area contributed by atoms with Crippen molar-refractivity contribution in [2.75, 3.05) is 45.2 Å². The average Bonchev–Trinajstić information content (AvgIpc) is 2.71. The summed E-state index contributed by atoms with van der Waals surface area (Å²) in [5.74, 6) is -0.0131. The van der Waals surface area contributed by atoms with Crippen molar-refractivity contribution in [3.8, 4) is 5.75 Å². The molecule has 1 fully saturated rings. The van der Waals surface area contributed by atoms with Crippen LogP contribution in [0.15, 0.2) is 42.5 Å².